The van der Waals surface area contributed by atoms with E-state index >= 15 is 0 Å². The third-order valence-electron chi connectivity index (χ3n) is 5.90. The van der Waals surface area contributed by atoms with E-state index in [9.17, 15) is 15.0 Å². The lowest BCUT2D eigenvalue weighted by Crippen LogP contribution is -2.36. The molecule has 3 aliphatic carbocycles. The molecule has 5 unspecified atom stereocenters. The smallest absolute Gasteiger partial charge is 0.136 e. The summed E-state index contributed by atoms with van der Waals surface area (Å²) < 4.78 is 0. The van der Waals surface area contributed by atoms with Crippen molar-refractivity contribution in [3.05, 3.63) is 0 Å². The number of hydrogen-bond acceptors (Lipinski definition) is 3. The van der Waals surface area contributed by atoms with E-state index in [0.29, 0.717) is 30.5 Å². The van der Waals surface area contributed by atoms with Gasteiger partial charge in [-0.3, -0.25) is 4.79 Å². The molecular weight excluding hydrogens is 240 g/mol. The summed E-state index contributed by atoms with van der Waals surface area (Å²) in [6, 6.07) is 0. The van der Waals surface area contributed by atoms with Crippen molar-refractivity contribution in [1.29, 1.82) is 0 Å². The van der Waals surface area contributed by atoms with Crippen LogP contribution in [-0.2, 0) is 4.79 Å². The molecular formula is C16H26O3. The zero-order valence-electron chi connectivity index (χ0n) is 11.6. The first kappa shape index (κ1) is 13.6. The fourth-order valence-corrected chi connectivity index (χ4v) is 4.60. The quantitative estimate of drug-likeness (QED) is 0.821. The maximum absolute atomic E-state index is 11.4. The number of aliphatic hydroxyl groups is 2. The average molecular weight is 266 g/mol. The average Bonchev–Trinajstić information content (AvgIpc) is 2.69. The molecule has 3 nitrogen and oxygen atoms in total. The Balaban J connectivity index is 1.47. The Hall–Kier alpha value is -0.410. The molecule has 0 aliphatic heterocycles. The van der Waals surface area contributed by atoms with Gasteiger partial charge < -0.3 is 10.2 Å². The summed E-state index contributed by atoms with van der Waals surface area (Å²) in [6.45, 7) is 0. The number of ketones is 1. The minimum Gasteiger partial charge on any atom is -0.393 e. The first-order valence-corrected chi connectivity index (χ1v) is 8.05. The summed E-state index contributed by atoms with van der Waals surface area (Å²) in [5.74, 6) is 1.65. The molecule has 0 bridgehead atoms. The molecule has 0 radical (unpaired) electrons. The molecule has 3 heteroatoms. The summed E-state index contributed by atoms with van der Waals surface area (Å²) in [5, 5.41) is 20.4. The van der Waals surface area contributed by atoms with Gasteiger partial charge in [-0.05, 0) is 49.9 Å². The lowest BCUT2D eigenvalue weighted by Gasteiger charge is -2.33. The number of rotatable bonds is 4. The van der Waals surface area contributed by atoms with Crippen molar-refractivity contribution < 1.29 is 15.0 Å². The van der Waals surface area contributed by atoms with Crippen LogP contribution in [0.4, 0.5) is 0 Å². The van der Waals surface area contributed by atoms with Gasteiger partial charge >= 0.3 is 0 Å². The normalized spacial score (nSPS) is 40.8. The highest BCUT2D eigenvalue weighted by molar-refractivity contribution is 5.88. The Morgan fingerprint density at radius 1 is 1.21 bits per heavy atom. The number of carbonyl (C=O) groups excluding carboxylic acids is 1. The molecule has 3 fully saturated rings. The largest absolute Gasteiger partial charge is 0.393 e. The van der Waals surface area contributed by atoms with Crippen molar-refractivity contribution in [2.75, 3.05) is 0 Å². The first-order valence-electron chi connectivity index (χ1n) is 8.05. The van der Waals surface area contributed by atoms with Gasteiger partial charge in [-0.25, -0.2) is 0 Å². The zero-order chi connectivity index (χ0) is 13.4. The zero-order valence-corrected chi connectivity index (χ0v) is 11.6. The SMILES string of the molecule is O=C1CC2C1CC(O)C2CCC(O)C1CCCCC1. The Labute approximate surface area is 115 Å². The minimum atomic E-state index is -0.306. The summed E-state index contributed by atoms with van der Waals surface area (Å²) in [5.41, 5.74) is 0. The van der Waals surface area contributed by atoms with Crippen molar-refractivity contribution in [1.82, 2.24) is 0 Å². The molecule has 0 heterocycles. The van der Waals surface area contributed by atoms with Crippen LogP contribution in [0.3, 0.4) is 0 Å². The molecule has 0 saturated heterocycles. The summed E-state index contributed by atoms with van der Waals surface area (Å²) >= 11 is 0. The van der Waals surface area contributed by atoms with Gasteiger partial charge in [0.05, 0.1) is 12.2 Å². The molecule has 3 aliphatic rings. The standard InChI is InChI=1S/C16H26O3/c17-14(10-4-2-1-3-5-10)7-6-11-12-8-16(19)13(12)9-15(11)18/h10-15,17-18H,1-9H2. The number of Topliss-reactive ketones (excluding diaryl/α,β-unsaturated/α-hetero) is 1. The molecule has 3 saturated carbocycles. The Morgan fingerprint density at radius 2 is 1.95 bits per heavy atom. The topological polar surface area (TPSA) is 57.5 Å². The van der Waals surface area contributed by atoms with Gasteiger partial charge in [0.15, 0.2) is 0 Å². The van der Waals surface area contributed by atoms with Gasteiger partial charge in [0, 0.05) is 12.3 Å². The van der Waals surface area contributed by atoms with Crippen LogP contribution in [0.2, 0.25) is 0 Å². The number of hydrogen-bond donors (Lipinski definition) is 2. The van der Waals surface area contributed by atoms with E-state index < -0.39 is 0 Å². The van der Waals surface area contributed by atoms with Crippen molar-refractivity contribution in [3.63, 3.8) is 0 Å². The molecule has 0 aromatic heterocycles. The van der Waals surface area contributed by atoms with Gasteiger partial charge in [0.2, 0.25) is 0 Å². The van der Waals surface area contributed by atoms with Gasteiger partial charge in [-0.1, -0.05) is 19.3 Å². The van der Waals surface area contributed by atoms with E-state index in [1.807, 2.05) is 0 Å². The minimum absolute atomic E-state index is 0.145. The summed E-state index contributed by atoms with van der Waals surface area (Å²) in [7, 11) is 0. The second-order valence-electron chi connectivity index (χ2n) is 6.95. The van der Waals surface area contributed by atoms with Crippen LogP contribution in [0, 0.1) is 23.7 Å². The van der Waals surface area contributed by atoms with Crippen molar-refractivity contribution in [2.24, 2.45) is 23.7 Å². The predicted octanol–water partition coefficient (Wildman–Crippen LogP) is 2.29. The molecule has 0 aromatic carbocycles. The maximum Gasteiger partial charge on any atom is 0.136 e. The molecule has 19 heavy (non-hydrogen) atoms. The highest BCUT2D eigenvalue weighted by Gasteiger charge is 2.52. The second-order valence-corrected chi connectivity index (χ2v) is 6.95. The lowest BCUT2D eigenvalue weighted by molar-refractivity contribution is -0.133. The van der Waals surface area contributed by atoms with E-state index in [-0.39, 0.29) is 24.0 Å². The van der Waals surface area contributed by atoms with Crippen LogP contribution in [0.1, 0.15) is 57.8 Å². The van der Waals surface area contributed by atoms with Crippen molar-refractivity contribution >= 4 is 5.78 Å². The number of fused-ring (bicyclic) bond motifs is 1. The molecule has 5 atom stereocenters. The van der Waals surface area contributed by atoms with Gasteiger partial charge in [0.25, 0.3) is 0 Å². The van der Waals surface area contributed by atoms with Crippen LogP contribution < -0.4 is 0 Å². The first-order chi connectivity index (χ1) is 9.16. The molecule has 2 N–H and O–H groups in total. The molecule has 108 valence electrons. The Bertz CT molecular complexity index is 335. The van der Waals surface area contributed by atoms with E-state index in [1.165, 1.54) is 32.1 Å². The van der Waals surface area contributed by atoms with Crippen LogP contribution in [0.15, 0.2) is 0 Å². The van der Waals surface area contributed by atoms with E-state index in [2.05, 4.69) is 0 Å². The van der Waals surface area contributed by atoms with E-state index in [1.54, 1.807) is 0 Å². The highest BCUT2D eigenvalue weighted by atomic mass is 16.3. The molecule has 0 aromatic rings. The maximum atomic E-state index is 11.4. The second kappa shape index (κ2) is 5.53. The van der Waals surface area contributed by atoms with Crippen molar-refractivity contribution in [2.45, 2.75) is 70.0 Å². The van der Waals surface area contributed by atoms with Gasteiger partial charge in [-0.15, -0.1) is 0 Å². The molecule has 3 rings (SSSR count). The lowest BCUT2D eigenvalue weighted by atomic mass is 9.70. The Morgan fingerprint density at radius 3 is 2.58 bits per heavy atom. The van der Waals surface area contributed by atoms with Gasteiger partial charge in [0.1, 0.15) is 5.78 Å². The van der Waals surface area contributed by atoms with Crippen LogP contribution in [-0.4, -0.2) is 28.2 Å². The molecule has 0 spiro atoms. The van der Waals surface area contributed by atoms with Crippen LogP contribution in [0.5, 0.6) is 0 Å². The predicted molar refractivity (Wildman–Crippen MR) is 72.5 cm³/mol. The third kappa shape index (κ3) is 2.59. The summed E-state index contributed by atoms with van der Waals surface area (Å²) in [6.07, 6.45) is 8.72. The van der Waals surface area contributed by atoms with Crippen LogP contribution >= 0.6 is 0 Å². The Kier molecular flexibility index (Phi) is 3.95. The van der Waals surface area contributed by atoms with E-state index in [0.717, 1.165) is 12.8 Å². The van der Waals surface area contributed by atoms with E-state index in [4.69, 9.17) is 0 Å². The fraction of sp³-hybridized carbons (Fsp3) is 0.938. The highest BCUT2D eigenvalue weighted by Crippen LogP contribution is 2.50. The van der Waals surface area contributed by atoms with Crippen molar-refractivity contribution in [3.8, 4) is 0 Å². The monoisotopic (exact) mass is 266 g/mol. The third-order valence-corrected chi connectivity index (χ3v) is 5.90. The molecule has 0 amide bonds. The fourth-order valence-electron chi connectivity index (χ4n) is 4.60. The number of carbonyl (C=O) groups is 1. The number of aliphatic hydroxyl groups excluding tert-OH is 2. The van der Waals surface area contributed by atoms with Crippen LogP contribution in [0.25, 0.3) is 0 Å². The van der Waals surface area contributed by atoms with Gasteiger partial charge in [-0.2, -0.15) is 0 Å². The summed E-state index contributed by atoms with van der Waals surface area (Å²) in [4.78, 5) is 11.4.